The summed E-state index contributed by atoms with van der Waals surface area (Å²) in [5.74, 6) is 0. The minimum absolute atomic E-state index is 1.03. The molecule has 0 N–H and O–H groups in total. The van der Waals surface area contributed by atoms with Gasteiger partial charge in [-0.3, -0.25) is 0 Å². The molecule has 164 valence electrons. The Labute approximate surface area is 201 Å². The fraction of sp³-hybridized carbons (Fsp3) is 0.0625. The van der Waals surface area contributed by atoms with E-state index in [1.807, 2.05) is 6.33 Å². The monoisotopic (exact) mass is 448 g/mol. The molecule has 0 saturated carbocycles. The summed E-state index contributed by atoms with van der Waals surface area (Å²) in [6, 6.07) is 32.9. The summed E-state index contributed by atoms with van der Waals surface area (Å²) in [5, 5.41) is 7.66. The summed E-state index contributed by atoms with van der Waals surface area (Å²) < 4.78 is 4.69. The highest BCUT2D eigenvalue weighted by atomic mass is 15.0. The second-order valence-corrected chi connectivity index (χ2v) is 9.58. The molecule has 3 heterocycles. The number of para-hydroxylation sites is 1. The Morgan fingerprint density at radius 3 is 2.31 bits per heavy atom. The van der Waals surface area contributed by atoms with Gasteiger partial charge >= 0.3 is 0 Å². The molecule has 3 aromatic heterocycles. The van der Waals surface area contributed by atoms with Crippen molar-refractivity contribution in [1.29, 1.82) is 0 Å². The van der Waals surface area contributed by atoms with E-state index >= 15 is 0 Å². The van der Waals surface area contributed by atoms with E-state index in [1.165, 1.54) is 71.1 Å². The van der Waals surface area contributed by atoms with E-state index < -0.39 is 0 Å². The first-order valence-corrected chi connectivity index (χ1v) is 12.1. The normalized spacial score (nSPS) is 12.3. The lowest BCUT2D eigenvalue weighted by Crippen LogP contribution is -2.30. The number of aryl methyl sites for hydroxylation is 2. The summed E-state index contributed by atoms with van der Waals surface area (Å²) >= 11 is 0. The molecule has 3 heteroatoms. The molecule has 0 radical (unpaired) electrons. The Kier molecular flexibility index (Phi) is 3.53. The van der Waals surface area contributed by atoms with Crippen LogP contribution in [0.3, 0.4) is 0 Å². The molecule has 0 bridgehead atoms. The lowest BCUT2D eigenvalue weighted by atomic mass is 9.94. The molecule has 35 heavy (non-hydrogen) atoms. The zero-order chi connectivity index (χ0) is 23.3. The minimum atomic E-state index is 1.03. The molecular formula is C32H22N3+. The van der Waals surface area contributed by atoms with Crippen molar-refractivity contribution in [1.82, 2.24) is 9.38 Å². The van der Waals surface area contributed by atoms with Gasteiger partial charge in [-0.05, 0) is 57.6 Å². The van der Waals surface area contributed by atoms with Gasteiger partial charge < -0.3 is 4.40 Å². The quantitative estimate of drug-likeness (QED) is 0.146. The van der Waals surface area contributed by atoms with Crippen LogP contribution in [-0.2, 0) is 7.05 Å². The minimum Gasteiger partial charge on any atom is -0.307 e. The topological polar surface area (TPSA) is 21.2 Å². The van der Waals surface area contributed by atoms with E-state index in [0.717, 1.165) is 5.52 Å². The number of nitrogens with zero attached hydrogens (tertiary/aromatic N) is 3. The third-order valence-corrected chi connectivity index (χ3v) is 7.73. The molecule has 3 nitrogen and oxygen atoms in total. The van der Waals surface area contributed by atoms with Crippen LogP contribution in [0.2, 0.25) is 0 Å². The lowest BCUT2D eigenvalue weighted by Gasteiger charge is -2.16. The van der Waals surface area contributed by atoms with Crippen molar-refractivity contribution in [3.63, 3.8) is 0 Å². The van der Waals surface area contributed by atoms with Crippen molar-refractivity contribution >= 4 is 59.9 Å². The smallest absolute Gasteiger partial charge is 0.287 e. The van der Waals surface area contributed by atoms with Crippen molar-refractivity contribution in [2.45, 2.75) is 6.92 Å². The summed E-state index contributed by atoms with van der Waals surface area (Å²) in [4.78, 5) is 4.94. The van der Waals surface area contributed by atoms with Crippen molar-refractivity contribution in [2.24, 2.45) is 7.05 Å². The first-order valence-electron chi connectivity index (χ1n) is 12.1. The largest absolute Gasteiger partial charge is 0.307 e. The van der Waals surface area contributed by atoms with Gasteiger partial charge in [0.1, 0.15) is 5.52 Å². The van der Waals surface area contributed by atoms with E-state index in [0.29, 0.717) is 0 Å². The average Bonchev–Trinajstić information content (AvgIpc) is 3.25. The third kappa shape index (κ3) is 2.30. The first-order chi connectivity index (χ1) is 17.2. The van der Waals surface area contributed by atoms with Crippen LogP contribution in [-0.4, -0.2) is 9.38 Å². The second-order valence-electron chi connectivity index (χ2n) is 9.58. The van der Waals surface area contributed by atoms with E-state index in [1.54, 1.807) is 0 Å². The number of rotatable bonds is 1. The van der Waals surface area contributed by atoms with Gasteiger partial charge in [-0.2, -0.15) is 0 Å². The maximum atomic E-state index is 4.94. The third-order valence-electron chi connectivity index (χ3n) is 7.73. The van der Waals surface area contributed by atoms with Crippen LogP contribution in [0.4, 0.5) is 0 Å². The molecule has 0 aliphatic heterocycles. The van der Waals surface area contributed by atoms with Crippen molar-refractivity contribution in [3.05, 3.63) is 103 Å². The van der Waals surface area contributed by atoms with Crippen LogP contribution < -0.4 is 4.57 Å². The fourth-order valence-electron chi connectivity index (χ4n) is 6.25. The zero-order valence-electron chi connectivity index (χ0n) is 19.6. The first kappa shape index (κ1) is 18.9. The Balaban J connectivity index is 1.79. The lowest BCUT2D eigenvalue weighted by molar-refractivity contribution is -0.646. The number of aromatic nitrogens is 3. The predicted molar refractivity (Wildman–Crippen MR) is 145 cm³/mol. The van der Waals surface area contributed by atoms with Crippen LogP contribution in [0.25, 0.3) is 71.0 Å². The number of benzene rings is 5. The summed E-state index contributed by atoms with van der Waals surface area (Å²) in [6.07, 6.45) is 1.97. The van der Waals surface area contributed by atoms with Gasteiger partial charge in [0.15, 0.2) is 5.52 Å². The van der Waals surface area contributed by atoms with E-state index in [2.05, 4.69) is 114 Å². The molecule has 0 aliphatic rings. The molecule has 0 fully saturated rings. The number of hydrogen-bond acceptors (Lipinski definition) is 1. The van der Waals surface area contributed by atoms with Gasteiger partial charge in [0.05, 0.1) is 29.0 Å². The Morgan fingerprint density at radius 1 is 0.714 bits per heavy atom. The Bertz CT molecular complexity index is 2120. The predicted octanol–water partition coefficient (Wildman–Crippen LogP) is 7.34. The molecule has 0 atom stereocenters. The maximum Gasteiger partial charge on any atom is 0.287 e. The van der Waals surface area contributed by atoms with Gasteiger partial charge in [0.2, 0.25) is 0 Å². The zero-order valence-corrected chi connectivity index (χ0v) is 19.6. The van der Waals surface area contributed by atoms with Crippen LogP contribution in [0.15, 0.2) is 97.3 Å². The standard InChI is InChI=1S/C32H22N3/c1-19-22-13-7-6-12-21(22)16-27-28(19)31-30-25(33-18-34(31)2)17-24(20-10-4-3-5-11-20)29-23-14-8-9-15-26(23)35(27)32(29)30/h3-18H,1-2H3/q+1. The van der Waals surface area contributed by atoms with E-state index in [9.17, 15) is 0 Å². The van der Waals surface area contributed by atoms with Crippen molar-refractivity contribution in [3.8, 4) is 11.1 Å². The fourth-order valence-corrected chi connectivity index (χ4v) is 6.25. The Morgan fingerprint density at radius 2 is 1.46 bits per heavy atom. The molecule has 8 aromatic rings. The maximum absolute atomic E-state index is 4.94. The molecular weight excluding hydrogens is 426 g/mol. The SMILES string of the molecule is Cc1c2ccccc2cc2c1c1c3c(cc(-c4ccccc4)c4c5ccccc5n2c43)nc[n+]1C. The number of fused-ring (bicyclic) bond motifs is 7. The highest BCUT2D eigenvalue weighted by molar-refractivity contribution is 6.30. The summed E-state index contributed by atoms with van der Waals surface area (Å²) in [7, 11) is 2.12. The van der Waals surface area contributed by atoms with E-state index in [-0.39, 0.29) is 0 Å². The van der Waals surface area contributed by atoms with Crippen LogP contribution >= 0.6 is 0 Å². The van der Waals surface area contributed by atoms with Gasteiger partial charge in [0.25, 0.3) is 6.33 Å². The van der Waals surface area contributed by atoms with Crippen molar-refractivity contribution < 1.29 is 4.57 Å². The molecule has 0 saturated heterocycles. The molecule has 0 aliphatic carbocycles. The van der Waals surface area contributed by atoms with Crippen molar-refractivity contribution in [2.75, 3.05) is 0 Å². The Hall–Kier alpha value is -4.50. The van der Waals surface area contributed by atoms with Crippen LogP contribution in [0.5, 0.6) is 0 Å². The van der Waals surface area contributed by atoms with E-state index in [4.69, 9.17) is 4.98 Å². The molecule has 0 spiro atoms. The summed E-state index contributed by atoms with van der Waals surface area (Å²) in [6.45, 7) is 2.26. The highest BCUT2D eigenvalue weighted by Gasteiger charge is 2.27. The van der Waals surface area contributed by atoms with Gasteiger partial charge in [-0.15, -0.1) is 0 Å². The van der Waals surface area contributed by atoms with Gasteiger partial charge in [-0.25, -0.2) is 4.57 Å². The molecule has 0 unspecified atom stereocenters. The van der Waals surface area contributed by atoms with Crippen LogP contribution in [0, 0.1) is 6.92 Å². The van der Waals surface area contributed by atoms with Gasteiger partial charge in [-0.1, -0.05) is 72.8 Å². The molecule has 8 rings (SSSR count). The molecule has 0 amide bonds. The number of hydrogen-bond donors (Lipinski definition) is 0. The van der Waals surface area contributed by atoms with Crippen LogP contribution in [0.1, 0.15) is 5.56 Å². The number of pyridine rings is 1. The van der Waals surface area contributed by atoms with Gasteiger partial charge in [0, 0.05) is 16.2 Å². The molecule has 5 aromatic carbocycles. The highest BCUT2D eigenvalue weighted by Crippen LogP contribution is 2.45. The summed E-state index contributed by atoms with van der Waals surface area (Å²) in [5.41, 5.74) is 9.77. The second kappa shape index (κ2) is 6.55. The average molecular weight is 449 g/mol.